The Kier molecular flexibility index (Phi) is 2.99. The average Bonchev–Trinajstić information content (AvgIpc) is 2.22. The molecule has 0 bridgehead atoms. The van der Waals surface area contributed by atoms with Crippen LogP contribution in [-0.2, 0) is 6.42 Å². The molecule has 2 rings (SSSR count). The summed E-state index contributed by atoms with van der Waals surface area (Å²) in [6, 6.07) is 1.83. The maximum atomic E-state index is 5.76. The summed E-state index contributed by atoms with van der Waals surface area (Å²) in [6.07, 6.45) is 5.73. The molecule has 1 heterocycles. The van der Waals surface area contributed by atoms with Crippen LogP contribution >= 0.6 is 0 Å². The van der Waals surface area contributed by atoms with E-state index in [2.05, 4.69) is 22.2 Å². The molecule has 0 atom stereocenters. The molecule has 3 N–H and O–H groups in total. The Hall–Kier alpha value is -1.32. The van der Waals surface area contributed by atoms with E-state index in [0.717, 1.165) is 24.5 Å². The zero-order valence-corrected chi connectivity index (χ0v) is 10.1. The molecule has 0 aromatic carbocycles. The van der Waals surface area contributed by atoms with Gasteiger partial charge in [-0.2, -0.15) is 0 Å². The van der Waals surface area contributed by atoms with Gasteiger partial charge in [-0.3, -0.25) is 0 Å². The van der Waals surface area contributed by atoms with Gasteiger partial charge in [-0.1, -0.05) is 13.8 Å². The second kappa shape index (κ2) is 4.28. The van der Waals surface area contributed by atoms with E-state index >= 15 is 0 Å². The summed E-state index contributed by atoms with van der Waals surface area (Å²) in [5.74, 6) is 2.25. The van der Waals surface area contributed by atoms with Crippen LogP contribution in [0.5, 0.6) is 0 Å². The van der Waals surface area contributed by atoms with Gasteiger partial charge in [0.1, 0.15) is 17.5 Å². The number of nitrogens with one attached hydrogen (secondary N) is 1. The first-order chi connectivity index (χ1) is 7.67. The predicted molar refractivity (Wildman–Crippen MR) is 66.3 cm³/mol. The molecule has 0 spiro atoms. The zero-order chi connectivity index (χ0) is 11.6. The van der Waals surface area contributed by atoms with E-state index in [1.165, 1.54) is 19.3 Å². The second-order valence-electron chi connectivity index (χ2n) is 4.56. The first kappa shape index (κ1) is 11.2. The lowest BCUT2D eigenvalue weighted by molar-refractivity contribution is 0.268. The number of rotatable bonds is 4. The second-order valence-corrected chi connectivity index (χ2v) is 4.56. The van der Waals surface area contributed by atoms with Crippen LogP contribution in [0, 0.1) is 0 Å². The molecule has 1 saturated carbocycles. The molecule has 16 heavy (non-hydrogen) atoms. The third-order valence-electron chi connectivity index (χ3n) is 3.49. The molecular formula is C12H20N4. The zero-order valence-electron chi connectivity index (χ0n) is 10.1. The van der Waals surface area contributed by atoms with Crippen LogP contribution in [-0.4, -0.2) is 15.5 Å². The van der Waals surface area contributed by atoms with Crippen molar-refractivity contribution in [3.8, 4) is 0 Å². The van der Waals surface area contributed by atoms with E-state index < -0.39 is 0 Å². The molecule has 1 fully saturated rings. The first-order valence-electron chi connectivity index (χ1n) is 6.09. The predicted octanol–water partition coefficient (Wildman–Crippen LogP) is 2.37. The number of nitrogens with zero attached hydrogens (tertiary/aromatic N) is 2. The van der Waals surface area contributed by atoms with Crippen molar-refractivity contribution in [2.24, 2.45) is 0 Å². The van der Waals surface area contributed by atoms with E-state index in [-0.39, 0.29) is 5.54 Å². The minimum atomic E-state index is 0.256. The minimum Gasteiger partial charge on any atom is -0.384 e. The highest BCUT2D eigenvalue weighted by Gasteiger charge is 2.35. The molecule has 0 amide bonds. The molecular weight excluding hydrogens is 200 g/mol. The van der Waals surface area contributed by atoms with Crippen molar-refractivity contribution >= 4 is 11.6 Å². The molecule has 88 valence electrons. The fourth-order valence-corrected chi connectivity index (χ4v) is 2.18. The van der Waals surface area contributed by atoms with Crippen molar-refractivity contribution in [3.05, 3.63) is 11.9 Å². The summed E-state index contributed by atoms with van der Waals surface area (Å²) >= 11 is 0. The summed E-state index contributed by atoms with van der Waals surface area (Å²) in [6.45, 7) is 4.26. The quantitative estimate of drug-likeness (QED) is 0.817. The third-order valence-corrected chi connectivity index (χ3v) is 3.49. The van der Waals surface area contributed by atoms with Crippen molar-refractivity contribution < 1.29 is 0 Å². The highest BCUT2D eigenvalue weighted by atomic mass is 15.1. The molecule has 0 saturated heterocycles. The Morgan fingerprint density at radius 3 is 2.62 bits per heavy atom. The summed E-state index contributed by atoms with van der Waals surface area (Å²) in [4.78, 5) is 8.64. The van der Waals surface area contributed by atoms with E-state index in [0.29, 0.717) is 5.82 Å². The molecule has 4 heteroatoms. The molecule has 1 aromatic heterocycles. The van der Waals surface area contributed by atoms with Crippen molar-refractivity contribution in [1.82, 2.24) is 9.97 Å². The number of aryl methyl sites for hydroxylation is 1. The summed E-state index contributed by atoms with van der Waals surface area (Å²) in [5.41, 5.74) is 6.02. The van der Waals surface area contributed by atoms with Crippen molar-refractivity contribution in [3.63, 3.8) is 0 Å². The number of nitrogen functional groups attached to an aromatic ring is 1. The van der Waals surface area contributed by atoms with Gasteiger partial charge in [0.15, 0.2) is 0 Å². The highest BCUT2D eigenvalue weighted by Crippen LogP contribution is 2.37. The standard InChI is InChI=1S/C12H20N4/c1-3-10-14-9(13)8-11(15-10)16-12(4-2)6-5-7-12/h8H,3-7H2,1-2H3,(H3,13,14,15,16). The van der Waals surface area contributed by atoms with Gasteiger partial charge in [-0.25, -0.2) is 9.97 Å². The van der Waals surface area contributed by atoms with Crippen LogP contribution in [0.25, 0.3) is 0 Å². The lowest BCUT2D eigenvalue weighted by atomic mass is 9.75. The Morgan fingerprint density at radius 2 is 2.12 bits per heavy atom. The van der Waals surface area contributed by atoms with Gasteiger partial charge in [0.2, 0.25) is 0 Å². The van der Waals surface area contributed by atoms with Gasteiger partial charge in [0, 0.05) is 18.0 Å². The van der Waals surface area contributed by atoms with Gasteiger partial charge in [-0.05, 0) is 25.7 Å². The Balaban J connectivity index is 2.17. The van der Waals surface area contributed by atoms with Crippen LogP contribution in [0.3, 0.4) is 0 Å². The summed E-state index contributed by atoms with van der Waals surface area (Å²) < 4.78 is 0. The average molecular weight is 220 g/mol. The molecule has 1 aliphatic rings. The van der Waals surface area contributed by atoms with Gasteiger partial charge >= 0.3 is 0 Å². The highest BCUT2D eigenvalue weighted by molar-refractivity contribution is 5.47. The lowest BCUT2D eigenvalue weighted by Crippen LogP contribution is -2.44. The normalized spacial score (nSPS) is 17.9. The van der Waals surface area contributed by atoms with Crippen LogP contribution in [0.15, 0.2) is 6.07 Å². The van der Waals surface area contributed by atoms with Crippen molar-refractivity contribution in [1.29, 1.82) is 0 Å². The molecule has 4 nitrogen and oxygen atoms in total. The van der Waals surface area contributed by atoms with Crippen LogP contribution < -0.4 is 11.1 Å². The van der Waals surface area contributed by atoms with E-state index in [9.17, 15) is 0 Å². The van der Waals surface area contributed by atoms with Crippen molar-refractivity contribution in [2.75, 3.05) is 11.1 Å². The monoisotopic (exact) mass is 220 g/mol. The molecule has 0 radical (unpaired) electrons. The SMILES string of the molecule is CCc1nc(N)cc(NC2(CC)CCC2)n1. The van der Waals surface area contributed by atoms with Crippen LogP contribution in [0.1, 0.15) is 45.4 Å². The Morgan fingerprint density at radius 1 is 1.38 bits per heavy atom. The molecule has 0 unspecified atom stereocenters. The number of hydrogen-bond acceptors (Lipinski definition) is 4. The Bertz CT molecular complexity index is 366. The Labute approximate surface area is 96.7 Å². The van der Waals surface area contributed by atoms with Crippen molar-refractivity contribution in [2.45, 2.75) is 51.5 Å². The molecule has 0 aliphatic heterocycles. The molecule has 1 aromatic rings. The summed E-state index contributed by atoms with van der Waals surface area (Å²) in [7, 11) is 0. The van der Waals surface area contributed by atoms with Crippen LogP contribution in [0.2, 0.25) is 0 Å². The van der Waals surface area contributed by atoms with Crippen LogP contribution in [0.4, 0.5) is 11.6 Å². The number of hydrogen-bond donors (Lipinski definition) is 2. The fraction of sp³-hybridized carbons (Fsp3) is 0.667. The van der Waals surface area contributed by atoms with E-state index in [1.54, 1.807) is 0 Å². The lowest BCUT2D eigenvalue weighted by Gasteiger charge is -2.42. The topological polar surface area (TPSA) is 63.8 Å². The maximum absolute atomic E-state index is 5.76. The smallest absolute Gasteiger partial charge is 0.132 e. The van der Waals surface area contributed by atoms with Gasteiger partial charge < -0.3 is 11.1 Å². The first-order valence-corrected chi connectivity index (χ1v) is 6.09. The van der Waals surface area contributed by atoms with E-state index in [1.807, 2.05) is 13.0 Å². The number of aromatic nitrogens is 2. The molecule has 1 aliphatic carbocycles. The summed E-state index contributed by atoms with van der Waals surface area (Å²) in [5, 5.41) is 3.53. The minimum absolute atomic E-state index is 0.256. The number of anilines is 2. The van der Waals surface area contributed by atoms with Gasteiger partial charge in [0.25, 0.3) is 0 Å². The fourth-order valence-electron chi connectivity index (χ4n) is 2.18. The largest absolute Gasteiger partial charge is 0.384 e. The maximum Gasteiger partial charge on any atom is 0.132 e. The van der Waals surface area contributed by atoms with Gasteiger partial charge in [-0.15, -0.1) is 0 Å². The van der Waals surface area contributed by atoms with E-state index in [4.69, 9.17) is 5.73 Å². The third kappa shape index (κ3) is 2.10. The van der Waals surface area contributed by atoms with Gasteiger partial charge in [0.05, 0.1) is 0 Å². The number of nitrogens with two attached hydrogens (primary N) is 1.